The summed E-state index contributed by atoms with van der Waals surface area (Å²) in [6.07, 6.45) is 7.79. The van der Waals surface area contributed by atoms with Crippen LogP contribution in [-0.4, -0.2) is 39.7 Å². The van der Waals surface area contributed by atoms with Crippen LogP contribution in [0.25, 0.3) is 0 Å². The lowest BCUT2D eigenvalue weighted by Crippen LogP contribution is -2.41. The van der Waals surface area contributed by atoms with E-state index in [1.807, 2.05) is 36.1 Å². The van der Waals surface area contributed by atoms with E-state index in [0.29, 0.717) is 19.1 Å². The van der Waals surface area contributed by atoms with Gasteiger partial charge in [-0.05, 0) is 44.0 Å². The van der Waals surface area contributed by atoms with E-state index in [0.717, 1.165) is 31.7 Å². The molecular weight excluding hydrogens is 280 g/mol. The van der Waals surface area contributed by atoms with E-state index in [9.17, 15) is 4.79 Å². The Kier molecular flexibility index (Phi) is 4.58. The molecule has 2 aromatic rings. The van der Waals surface area contributed by atoms with Crippen molar-refractivity contribution in [1.29, 1.82) is 0 Å². The number of carbonyl (C=O) groups is 1. The van der Waals surface area contributed by atoms with E-state index in [-0.39, 0.29) is 5.91 Å². The Morgan fingerprint density at radius 2 is 2.45 bits per heavy atom. The minimum Gasteiger partial charge on any atom is -0.467 e. The van der Waals surface area contributed by atoms with Gasteiger partial charge in [0.2, 0.25) is 5.91 Å². The zero-order valence-corrected chi connectivity index (χ0v) is 12.9. The second-order valence-corrected chi connectivity index (χ2v) is 5.86. The second kappa shape index (κ2) is 6.79. The molecule has 1 aliphatic rings. The maximum Gasteiger partial charge on any atom is 0.234 e. The van der Waals surface area contributed by atoms with Crippen LogP contribution < -0.4 is 5.32 Å². The number of nitrogens with zero attached hydrogens (tertiary/aromatic N) is 3. The molecule has 22 heavy (non-hydrogen) atoms. The molecule has 118 valence electrons. The van der Waals surface area contributed by atoms with Crippen LogP contribution in [0.1, 0.15) is 24.2 Å². The second-order valence-electron chi connectivity index (χ2n) is 5.86. The summed E-state index contributed by atoms with van der Waals surface area (Å²) in [4.78, 5) is 14.3. The molecule has 1 fully saturated rings. The van der Waals surface area contributed by atoms with Crippen molar-refractivity contribution in [2.75, 3.05) is 13.1 Å². The monoisotopic (exact) mass is 302 g/mol. The summed E-state index contributed by atoms with van der Waals surface area (Å²) >= 11 is 0. The predicted octanol–water partition coefficient (Wildman–Crippen LogP) is 1.57. The molecule has 1 N–H and O–H groups in total. The van der Waals surface area contributed by atoms with Gasteiger partial charge in [-0.2, -0.15) is 5.10 Å². The number of aryl methyl sites for hydroxylation is 1. The Balaban J connectivity index is 1.49. The molecular formula is C16H22N4O2. The molecule has 0 saturated carbocycles. The number of nitrogens with one attached hydrogen (secondary N) is 1. The molecule has 0 spiro atoms. The van der Waals surface area contributed by atoms with Crippen molar-refractivity contribution < 1.29 is 9.21 Å². The van der Waals surface area contributed by atoms with Crippen LogP contribution in [0.15, 0.2) is 35.2 Å². The fraction of sp³-hybridized carbons (Fsp3) is 0.500. The van der Waals surface area contributed by atoms with Gasteiger partial charge in [-0.25, -0.2) is 0 Å². The molecule has 1 aliphatic heterocycles. The highest BCUT2D eigenvalue weighted by molar-refractivity contribution is 5.78. The number of aromatic nitrogens is 2. The third kappa shape index (κ3) is 3.76. The highest BCUT2D eigenvalue weighted by Crippen LogP contribution is 2.18. The SMILES string of the molecule is Cc1cnn(C[C@H]2CCCN2CC(=O)NCc2ccco2)c1. The normalized spacial score (nSPS) is 18.7. The molecule has 0 aromatic carbocycles. The van der Waals surface area contributed by atoms with E-state index in [1.54, 1.807) is 6.26 Å². The highest BCUT2D eigenvalue weighted by Gasteiger charge is 2.26. The van der Waals surface area contributed by atoms with Gasteiger partial charge >= 0.3 is 0 Å². The third-order valence-electron chi connectivity index (χ3n) is 4.05. The largest absolute Gasteiger partial charge is 0.467 e. The van der Waals surface area contributed by atoms with Gasteiger partial charge < -0.3 is 9.73 Å². The molecule has 1 saturated heterocycles. The van der Waals surface area contributed by atoms with Gasteiger partial charge in [0.1, 0.15) is 5.76 Å². The Morgan fingerprint density at radius 3 is 3.18 bits per heavy atom. The van der Waals surface area contributed by atoms with E-state index in [1.165, 1.54) is 5.56 Å². The molecule has 1 amide bonds. The van der Waals surface area contributed by atoms with Crippen molar-refractivity contribution in [3.63, 3.8) is 0 Å². The molecule has 3 rings (SSSR count). The maximum atomic E-state index is 12.1. The van der Waals surface area contributed by atoms with Crippen LogP contribution in [0.4, 0.5) is 0 Å². The van der Waals surface area contributed by atoms with Crippen molar-refractivity contribution in [2.45, 2.75) is 38.9 Å². The number of furan rings is 1. The van der Waals surface area contributed by atoms with Crippen molar-refractivity contribution in [3.05, 3.63) is 42.1 Å². The summed E-state index contributed by atoms with van der Waals surface area (Å²) in [5.74, 6) is 0.818. The quantitative estimate of drug-likeness (QED) is 0.879. The molecule has 6 nitrogen and oxygen atoms in total. The topological polar surface area (TPSA) is 63.3 Å². The van der Waals surface area contributed by atoms with Crippen LogP contribution in [0, 0.1) is 6.92 Å². The van der Waals surface area contributed by atoms with E-state index in [2.05, 4.69) is 15.3 Å². The van der Waals surface area contributed by atoms with Gasteiger partial charge in [-0.1, -0.05) is 0 Å². The van der Waals surface area contributed by atoms with Gasteiger partial charge in [0, 0.05) is 12.2 Å². The van der Waals surface area contributed by atoms with Crippen LogP contribution in [0.3, 0.4) is 0 Å². The number of hydrogen-bond acceptors (Lipinski definition) is 4. The number of rotatable bonds is 6. The molecule has 0 unspecified atom stereocenters. The van der Waals surface area contributed by atoms with Gasteiger partial charge in [-0.3, -0.25) is 14.4 Å². The van der Waals surface area contributed by atoms with Crippen molar-refractivity contribution in [1.82, 2.24) is 20.0 Å². The average Bonchev–Trinajstić information content (AvgIpc) is 3.21. The fourth-order valence-corrected chi connectivity index (χ4v) is 2.93. The zero-order chi connectivity index (χ0) is 15.4. The first-order chi connectivity index (χ1) is 10.7. The molecule has 0 aliphatic carbocycles. The summed E-state index contributed by atoms with van der Waals surface area (Å²) in [5, 5.41) is 7.24. The standard InChI is InChI=1S/C16H22N4O2/c1-13-8-18-20(10-13)11-14-4-2-6-19(14)12-16(21)17-9-15-5-3-7-22-15/h3,5,7-8,10,14H,2,4,6,9,11-12H2,1H3,(H,17,21)/t14-/m1/s1. The lowest BCUT2D eigenvalue weighted by molar-refractivity contribution is -0.122. The van der Waals surface area contributed by atoms with Gasteiger partial charge in [0.25, 0.3) is 0 Å². The van der Waals surface area contributed by atoms with Gasteiger partial charge in [-0.15, -0.1) is 0 Å². The smallest absolute Gasteiger partial charge is 0.234 e. The Bertz CT molecular complexity index is 605. The maximum absolute atomic E-state index is 12.1. The zero-order valence-electron chi connectivity index (χ0n) is 12.9. The Labute approximate surface area is 130 Å². The molecule has 6 heteroatoms. The van der Waals surface area contributed by atoms with Crippen LogP contribution in [-0.2, 0) is 17.9 Å². The van der Waals surface area contributed by atoms with E-state index < -0.39 is 0 Å². The Hall–Kier alpha value is -2.08. The molecule has 2 aromatic heterocycles. The van der Waals surface area contributed by atoms with Crippen LogP contribution in [0.5, 0.6) is 0 Å². The van der Waals surface area contributed by atoms with Crippen LogP contribution in [0.2, 0.25) is 0 Å². The van der Waals surface area contributed by atoms with Gasteiger partial charge in [0.15, 0.2) is 0 Å². The number of hydrogen-bond donors (Lipinski definition) is 1. The summed E-state index contributed by atoms with van der Waals surface area (Å²) < 4.78 is 7.19. The summed E-state index contributed by atoms with van der Waals surface area (Å²) in [6, 6.07) is 4.07. The van der Waals surface area contributed by atoms with Crippen molar-refractivity contribution in [2.24, 2.45) is 0 Å². The fourth-order valence-electron chi connectivity index (χ4n) is 2.93. The van der Waals surface area contributed by atoms with E-state index in [4.69, 9.17) is 4.42 Å². The molecule has 1 atom stereocenters. The number of amides is 1. The van der Waals surface area contributed by atoms with Crippen LogP contribution >= 0.6 is 0 Å². The van der Waals surface area contributed by atoms with E-state index >= 15 is 0 Å². The first kappa shape index (κ1) is 14.8. The average molecular weight is 302 g/mol. The Morgan fingerprint density at radius 1 is 1.55 bits per heavy atom. The summed E-state index contributed by atoms with van der Waals surface area (Å²) in [6.45, 7) is 4.74. The minimum atomic E-state index is 0.0416. The lowest BCUT2D eigenvalue weighted by atomic mass is 10.2. The van der Waals surface area contributed by atoms with Crippen molar-refractivity contribution >= 4 is 5.91 Å². The molecule has 0 bridgehead atoms. The third-order valence-corrected chi connectivity index (χ3v) is 4.05. The van der Waals surface area contributed by atoms with Crippen molar-refractivity contribution in [3.8, 4) is 0 Å². The lowest BCUT2D eigenvalue weighted by Gasteiger charge is -2.23. The summed E-state index contributed by atoms with van der Waals surface area (Å²) in [5.41, 5.74) is 1.17. The summed E-state index contributed by atoms with van der Waals surface area (Å²) in [7, 11) is 0. The first-order valence-corrected chi connectivity index (χ1v) is 7.73. The van der Waals surface area contributed by atoms with Gasteiger partial charge in [0.05, 0.1) is 32.1 Å². The minimum absolute atomic E-state index is 0.0416. The predicted molar refractivity (Wildman–Crippen MR) is 82.1 cm³/mol. The molecule has 3 heterocycles. The molecule has 0 radical (unpaired) electrons. The number of likely N-dealkylation sites (tertiary alicyclic amines) is 1. The number of carbonyl (C=O) groups excluding carboxylic acids is 1. The first-order valence-electron chi connectivity index (χ1n) is 7.73. The highest BCUT2D eigenvalue weighted by atomic mass is 16.3.